The molecule has 0 bridgehead atoms. The Bertz CT molecular complexity index is 1110. The Labute approximate surface area is 216 Å². The van der Waals surface area contributed by atoms with Crippen LogP contribution in [-0.4, -0.2) is 48.3 Å². The number of ether oxygens (including phenoxy) is 2. The van der Waals surface area contributed by atoms with Crippen LogP contribution < -0.4 is 20.1 Å². The van der Waals surface area contributed by atoms with Crippen LogP contribution in [0.2, 0.25) is 0 Å². The van der Waals surface area contributed by atoms with Gasteiger partial charge in [0.05, 0.1) is 11.7 Å². The highest BCUT2D eigenvalue weighted by molar-refractivity contribution is 5.78. The van der Waals surface area contributed by atoms with Crippen LogP contribution in [0.3, 0.4) is 0 Å². The number of nitrogens with one attached hydrogen (secondary N) is 2. The fraction of sp³-hybridized carbons (Fsp3) is 0.462. The van der Waals surface area contributed by atoms with Crippen molar-refractivity contribution in [2.24, 2.45) is 0 Å². The van der Waals surface area contributed by atoms with Gasteiger partial charge in [-0.2, -0.15) is 13.2 Å². The van der Waals surface area contributed by atoms with Crippen molar-refractivity contribution in [2.45, 2.75) is 56.3 Å². The molecule has 208 valence electrons. The summed E-state index contributed by atoms with van der Waals surface area (Å²) in [7, 11) is 0. The Balaban J connectivity index is 1.47. The summed E-state index contributed by atoms with van der Waals surface area (Å²) in [6.07, 6.45) is -1.66. The van der Waals surface area contributed by atoms with Crippen LogP contribution in [0.25, 0.3) is 0 Å². The predicted octanol–water partition coefficient (Wildman–Crippen LogP) is 4.13. The highest BCUT2D eigenvalue weighted by Gasteiger charge is 2.36. The second kappa shape index (κ2) is 12.9. The molecule has 3 N–H and O–H groups in total. The number of carbonyl (C=O) groups is 2. The lowest BCUT2D eigenvalue weighted by atomic mass is 9.77. The number of halogens is 5. The van der Waals surface area contributed by atoms with Crippen molar-refractivity contribution in [3.8, 4) is 11.5 Å². The third kappa shape index (κ3) is 8.86. The minimum absolute atomic E-state index is 0.00755. The van der Waals surface area contributed by atoms with Gasteiger partial charge in [0.15, 0.2) is 24.8 Å². The maximum Gasteiger partial charge on any atom is 0.416 e. The fourth-order valence-electron chi connectivity index (χ4n) is 4.37. The van der Waals surface area contributed by atoms with Crippen LogP contribution in [0, 0.1) is 11.6 Å². The van der Waals surface area contributed by atoms with Crippen molar-refractivity contribution in [1.82, 2.24) is 10.6 Å². The van der Waals surface area contributed by atoms with Gasteiger partial charge >= 0.3 is 6.18 Å². The zero-order valence-corrected chi connectivity index (χ0v) is 20.5. The molecule has 38 heavy (non-hydrogen) atoms. The van der Waals surface area contributed by atoms with Gasteiger partial charge in [0, 0.05) is 18.2 Å². The van der Waals surface area contributed by atoms with Gasteiger partial charge in [-0.25, -0.2) is 8.78 Å². The standard InChI is InChI=1S/C26H29F5N2O5/c27-21-8-7-20(12-22(21)28)38-16-24(36)33-25(9-2-1-3-10-25)13-18(34)14-32-23(35)15-37-19-6-4-5-17(11-19)26(29,30)31/h4-8,11-12,18,34H,1-3,9-10,13-16H2,(H,32,35)(H,33,36)/t18-/m0/s1. The largest absolute Gasteiger partial charge is 0.484 e. The molecule has 7 nitrogen and oxygen atoms in total. The Morgan fingerprint density at radius 3 is 2.24 bits per heavy atom. The molecule has 2 aromatic rings. The lowest BCUT2D eigenvalue weighted by Crippen LogP contribution is -2.54. The molecular weight excluding hydrogens is 515 g/mol. The molecule has 2 aromatic carbocycles. The van der Waals surface area contributed by atoms with E-state index in [2.05, 4.69) is 10.6 Å². The quantitative estimate of drug-likeness (QED) is 0.370. The van der Waals surface area contributed by atoms with Gasteiger partial charge in [0.1, 0.15) is 11.5 Å². The summed E-state index contributed by atoms with van der Waals surface area (Å²) in [5.74, 6) is -3.40. The minimum atomic E-state index is -4.54. The molecule has 0 saturated heterocycles. The minimum Gasteiger partial charge on any atom is -0.484 e. The van der Waals surface area contributed by atoms with Crippen molar-refractivity contribution >= 4 is 11.8 Å². The third-order valence-corrected chi connectivity index (χ3v) is 6.17. The summed E-state index contributed by atoms with van der Waals surface area (Å²) in [4.78, 5) is 24.7. The summed E-state index contributed by atoms with van der Waals surface area (Å²) < 4.78 is 75.2. The molecule has 0 aromatic heterocycles. The molecule has 0 unspecified atom stereocenters. The Hall–Kier alpha value is -3.41. The first-order valence-corrected chi connectivity index (χ1v) is 12.1. The van der Waals surface area contributed by atoms with Crippen LogP contribution in [0.5, 0.6) is 11.5 Å². The van der Waals surface area contributed by atoms with Gasteiger partial charge in [-0.3, -0.25) is 9.59 Å². The number of benzene rings is 2. The maximum absolute atomic E-state index is 13.3. The van der Waals surface area contributed by atoms with Crippen molar-refractivity contribution in [1.29, 1.82) is 0 Å². The lowest BCUT2D eigenvalue weighted by molar-refractivity contribution is -0.137. The first kappa shape index (κ1) is 29.2. The zero-order valence-electron chi connectivity index (χ0n) is 20.5. The van der Waals surface area contributed by atoms with Crippen molar-refractivity contribution in [3.05, 3.63) is 59.7 Å². The second-order valence-electron chi connectivity index (χ2n) is 9.23. The van der Waals surface area contributed by atoms with E-state index in [1.165, 1.54) is 18.2 Å². The van der Waals surface area contributed by atoms with E-state index in [0.29, 0.717) is 12.8 Å². The average Bonchev–Trinajstić information content (AvgIpc) is 2.87. The highest BCUT2D eigenvalue weighted by Crippen LogP contribution is 2.33. The molecule has 0 radical (unpaired) electrons. The monoisotopic (exact) mass is 544 g/mol. The number of amides is 2. The SMILES string of the molecule is O=C(COc1cccc(C(F)(F)F)c1)NC[C@@H](O)CC1(NC(=O)COc2ccc(F)c(F)c2)CCCCC1. The molecule has 0 heterocycles. The normalized spacial score (nSPS) is 15.8. The molecule has 2 amide bonds. The molecule has 1 aliphatic carbocycles. The van der Waals surface area contributed by atoms with Gasteiger partial charge in [0.25, 0.3) is 11.8 Å². The van der Waals surface area contributed by atoms with E-state index in [4.69, 9.17) is 9.47 Å². The van der Waals surface area contributed by atoms with Gasteiger partial charge in [-0.15, -0.1) is 0 Å². The Morgan fingerprint density at radius 2 is 1.58 bits per heavy atom. The fourth-order valence-corrected chi connectivity index (χ4v) is 4.37. The van der Waals surface area contributed by atoms with E-state index in [1.807, 2.05) is 0 Å². The third-order valence-electron chi connectivity index (χ3n) is 6.17. The second-order valence-corrected chi connectivity index (χ2v) is 9.23. The molecular formula is C26H29F5N2O5. The van der Waals surface area contributed by atoms with Gasteiger partial charge in [-0.05, 0) is 49.6 Å². The van der Waals surface area contributed by atoms with E-state index in [0.717, 1.165) is 43.5 Å². The Kier molecular flexibility index (Phi) is 9.90. The first-order chi connectivity index (χ1) is 18.0. The number of aliphatic hydroxyl groups excluding tert-OH is 1. The van der Waals surface area contributed by atoms with E-state index < -0.39 is 60.0 Å². The molecule has 0 aliphatic heterocycles. The molecule has 12 heteroatoms. The van der Waals surface area contributed by atoms with Crippen molar-refractivity contribution in [2.75, 3.05) is 19.8 Å². The van der Waals surface area contributed by atoms with Crippen molar-refractivity contribution < 1.29 is 46.1 Å². The summed E-state index contributed by atoms with van der Waals surface area (Å²) >= 11 is 0. The molecule has 3 rings (SSSR count). The molecule has 1 saturated carbocycles. The Morgan fingerprint density at radius 1 is 0.921 bits per heavy atom. The smallest absolute Gasteiger partial charge is 0.416 e. The molecule has 1 fully saturated rings. The summed E-state index contributed by atoms with van der Waals surface area (Å²) in [6, 6.07) is 7.06. The van der Waals surface area contributed by atoms with Crippen LogP contribution in [0.1, 0.15) is 44.1 Å². The summed E-state index contributed by atoms with van der Waals surface area (Å²) in [5, 5.41) is 15.9. The zero-order chi connectivity index (χ0) is 27.8. The van der Waals surface area contributed by atoms with E-state index in [-0.39, 0.29) is 24.5 Å². The van der Waals surface area contributed by atoms with E-state index >= 15 is 0 Å². The number of rotatable bonds is 11. The number of alkyl halides is 3. The highest BCUT2D eigenvalue weighted by atomic mass is 19.4. The summed E-state index contributed by atoms with van der Waals surface area (Å²) in [5.41, 5.74) is -1.65. The van der Waals surface area contributed by atoms with Crippen LogP contribution in [0.4, 0.5) is 22.0 Å². The topological polar surface area (TPSA) is 96.9 Å². The number of carbonyl (C=O) groups excluding carboxylic acids is 2. The van der Waals surface area contributed by atoms with E-state index in [9.17, 15) is 36.6 Å². The molecule has 1 aliphatic rings. The number of hydrogen-bond acceptors (Lipinski definition) is 5. The van der Waals surface area contributed by atoms with Crippen LogP contribution in [-0.2, 0) is 15.8 Å². The first-order valence-electron chi connectivity index (χ1n) is 12.1. The average molecular weight is 545 g/mol. The van der Waals surface area contributed by atoms with Crippen molar-refractivity contribution in [3.63, 3.8) is 0 Å². The molecule has 0 spiro atoms. The van der Waals surface area contributed by atoms with Gasteiger partial charge < -0.3 is 25.2 Å². The van der Waals surface area contributed by atoms with Gasteiger partial charge in [0.2, 0.25) is 0 Å². The maximum atomic E-state index is 13.3. The van der Waals surface area contributed by atoms with Gasteiger partial charge in [-0.1, -0.05) is 25.3 Å². The van der Waals surface area contributed by atoms with Crippen LogP contribution in [0.15, 0.2) is 42.5 Å². The molecule has 1 atom stereocenters. The van der Waals surface area contributed by atoms with Crippen LogP contribution >= 0.6 is 0 Å². The number of aliphatic hydroxyl groups is 1. The predicted molar refractivity (Wildman–Crippen MR) is 126 cm³/mol. The number of hydrogen-bond donors (Lipinski definition) is 3. The lowest BCUT2D eigenvalue weighted by Gasteiger charge is -2.39. The van der Waals surface area contributed by atoms with E-state index in [1.54, 1.807) is 0 Å². The summed E-state index contributed by atoms with van der Waals surface area (Å²) in [6.45, 7) is -1.14.